The molecule has 0 heterocycles. The smallest absolute Gasteiger partial charge is 0.119 e. The van der Waals surface area contributed by atoms with E-state index in [1.54, 1.807) is 7.11 Å². The maximum atomic E-state index is 5.78. The van der Waals surface area contributed by atoms with E-state index in [-0.39, 0.29) is 0 Å². The van der Waals surface area contributed by atoms with Crippen LogP contribution < -0.4 is 14.8 Å². The van der Waals surface area contributed by atoms with Gasteiger partial charge in [0.1, 0.15) is 24.7 Å². The van der Waals surface area contributed by atoms with Crippen LogP contribution in [0.25, 0.3) is 0 Å². The molecule has 0 aliphatic carbocycles. The van der Waals surface area contributed by atoms with Crippen LogP contribution in [0.4, 0.5) is 5.69 Å². The lowest BCUT2D eigenvalue weighted by Gasteiger charge is -2.11. The largest absolute Gasteiger partial charge is 0.492 e. The Hall–Kier alpha value is -2.20. The van der Waals surface area contributed by atoms with Gasteiger partial charge in [-0.2, -0.15) is 0 Å². The number of hydrogen-bond acceptors (Lipinski definition) is 4. The maximum Gasteiger partial charge on any atom is 0.119 e. The van der Waals surface area contributed by atoms with Gasteiger partial charge in [-0.3, -0.25) is 0 Å². The Morgan fingerprint density at radius 2 is 1.43 bits per heavy atom. The third-order valence-corrected chi connectivity index (χ3v) is 3.31. The summed E-state index contributed by atoms with van der Waals surface area (Å²) in [4.78, 5) is 0. The molecular weight excluding hydrogens is 290 g/mol. The highest BCUT2D eigenvalue weighted by atomic mass is 16.5. The van der Waals surface area contributed by atoms with Crippen molar-refractivity contribution in [3.05, 3.63) is 53.6 Å². The number of nitrogens with one attached hydrogen (secondary N) is 1. The highest BCUT2D eigenvalue weighted by Crippen LogP contribution is 2.17. The highest BCUT2D eigenvalue weighted by Gasteiger charge is 1.98. The predicted octanol–water partition coefficient (Wildman–Crippen LogP) is 3.82. The van der Waals surface area contributed by atoms with Crippen molar-refractivity contribution in [1.82, 2.24) is 0 Å². The van der Waals surface area contributed by atoms with E-state index in [4.69, 9.17) is 14.2 Å². The molecule has 0 spiro atoms. The van der Waals surface area contributed by atoms with Gasteiger partial charge in [0.15, 0.2) is 0 Å². The van der Waals surface area contributed by atoms with Crippen molar-refractivity contribution < 1.29 is 14.2 Å². The fourth-order valence-electron chi connectivity index (χ4n) is 2.29. The van der Waals surface area contributed by atoms with Crippen molar-refractivity contribution in [2.45, 2.75) is 13.8 Å². The van der Waals surface area contributed by atoms with Gasteiger partial charge in [0.05, 0.1) is 6.61 Å². The molecule has 0 aliphatic heterocycles. The molecule has 2 aromatic rings. The Kier molecular flexibility index (Phi) is 6.76. The van der Waals surface area contributed by atoms with E-state index >= 15 is 0 Å². The van der Waals surface area contributed by atoms with E-state index in [2.05, 4.69) is 37.4 Å². The van der Waals surface area contributed by atoms with Crippen LogP contribution in [0.2, 0.25) is 0 Å². The monoisotopic (exact) mass is 315 g/mol. The van der Waals surface area contributed by atoms with Gasteiger partial charge in [-0.1, -0.05) is 6.07 Å². The summed E-state index contributed by atoms with van der Waals surface area (Å²) in [6.45, 7) is 6.68. The normalized spacial score (nSPS) is 10.4. The molecule has 0 saturated carbocycles. The zero-order valence-corrected chi connectivity index (χ0v) is 14.1. The zero-order valence-electron chi connectivity index (χ0n) is 14.1. The molecule has 1 N–H and O–H groups in total. The Labute approximate surface area is 138 Å². The second-order valence-electron chi connectivity index (χ2n) is 5.46. The first-order chi connectivity index (χ1) is 11.2. The molecule has 0 radical (unpaired) electrons. The number of aryl methyl sites for hydroxylation is 2. The highest BCUT2D eigenvalue weighted by molar-refractivity contribution is 5.46. The van der Waals surface area contributed by atoms with E-state index in [9.17, 15) is 0 Å². The molecule has 4 heteroatoms. The third-order valence-electron chi connectivity index (χ3n) is 3.31. The van der Waals surface area contributed by atoms with Crippen LogP contribution in [-0.4, -0.2) is 33.5 Å². The summed E-state index contributed by atoms with van der Waals surface area (Å²) in [6.07, 6.45) is 0. The summed E-state index contributed by atoms with van der Waals surface area (Å²) in [5, 5.41) is 3.33. The topological polar surface area (TPSA) is 39.7 Å². The minimum atomic E-state index is 0.563. The number of ether oxygens (including phenoxy) is 3. The van der Waals surface area contributed by atoms with E-state index in [0.717, 1.165) is 23.7 Å². The van der Waals surface area contributed by atoms with Gasteiger partial charge in [-0.15, -0.1) is 0 Å². The minimum absolute atomic E-state index is 0.563. The van der Waals surface area contributed by atoms with Crippen LogP contribution in [-0.2, 0) is 4.74 Å². The molecule has 0 amide bonds. The average Bonchev–Trinajstić information content (AvgIpc) is 2.52. The lowest BCUT2D eigenvalue weighted by Crippen LogP contribution is -2.11. The lowest BCUT2D eigenvalue weighted by atomic mass is 10.1. The van der Waals surface area contributed by atoms with Crippen molar-refractivity contribution in [3.8, 4) is 11.5 Å². The Morgan fingerprint density at radius 1 is 0.783 bits per heavy atom. The second-order valence-corrected chi connectivity index (χ2v) is 5.46. The van der Waals surface area contributed by atoms with Crippen LogP contribution in [0.15, 0.2) is 42.5 Å². The molecular formula is C19H25NO3. The van der Waals surface area contributed by atoms with E-state index < -0.39 is 0 Å². The molecule has 23 heavy (non-hydrogen) atoms. The lowest BCUT2D eigenvalue weighted by molar-refractivity contribution is 0.146. The molecule has 0 unspecified atom stereocenters. The predicted molar refractivity (Wildman–Crippen MR) is 93.7 cm³/mol. The number of methoxy groups -OCH3 is 1. The fraction of sp³-hybridized carbons (Fsp3) is 0.368. The van der Waals surface area contributed by atoms with Crippen molar-refractivity contribution in [1.29, 1.82) is 0 Å². The molecule has 2 aromatic carbocycles. The van der Waals surface area contributed by atoms with Crippen molar-refractivity contribution in [2.75, 3.05) is 38.8 Å². The van der Waals surface area contributed by atoms with Gasteiger partial charge < -0.3 is 19.5 Å². The first-order valence-electron chi connectivity index (χ1n) is 7.84. The van der Waals surface area contributed by atoms with Crippen LogP contribution in [0.3, 0.4) is 0 Å². The first-order valence-corrected chi connectivity index (χ1v) is 7.84. The SMILES string of the molecule is COCCOc1ccc(NCCOc2cc(C)cc(C)c2)cc1. The van der Waals surface area contributed by atoms with Gasteiger partial charge in [0.2, 0.25) is 0 Å². The molecule has 0 aromatic heterocycles. The molecule has 124 valence electrons. The molecule has 4 nitrogen and oxygen atoms in total. The zero-order chi connectivity index (χ0) is 16.5. The Morgan fingerprint density at radius 3 is 2.09 bits per heavy atom. The molecule has 0 atom stereocenters. The second kappa shape index (κ2) is 9.06. The Balaban J connectivity index is 1.71. The molecule has 0 aliphatic rings. The van der Waals surface area contributed by atoms with Gasteiger partial charge in [-0.25, -0.2) is 0 Å². The maximum absolute atomic E-state index is 5.78. The molecule has 0 saturated heterocycles. The van der Waals surface area contributed by atoms with Crippen molar-refractivity contribution >= 4 is 5.69 Å². The summed E-state index contributed by atoms with van der Waals surface area (Å²) in [7, 11) is 1.66. The average molecular weight is 315 g/mol. The van der Waals surface area contributed by atoms with E-state index in [1.807, 2.05) is 24.3 Å². The van der Waals surface area contributed by atoms with Gasteiger partial charge in [-0.05, 0) is 61.4 Å². The summed E-state index contributed by atoms with van der Waals surface area (Å²) in [5.41, 5.74) is 3.49. The van der Waals surface area contributed by atoms with E-state index in [0.29, 0.717) is 19.8 Å². The summed E-state index contributed by atoms with van der Waals surface area (Å²) in [5.74, 6) is 1.77. The number of anilines is 1. The standard InChI is InChI=1S/C19H25NO3/c1-15-12-16(2)14-19(13-15)22-9-8-20-17-4-6-18(7-5-17)23-11-10-21-3/h4-7,12-14,20H,8-11H2,1-3H3. The minimum Gasteiger partial charge on any atom is -0.492 e. The van der Waals surface area contributed by atoms with Crippen LogP contribution >= 0.6 is 0 Å². The van der Waals surface area contributed by atoms with E-state index in [1.165, 1.54) is 11.1 Å². The third kappa shape index (κ3) is 6.20. The summed E-state index contributed by atoms with van der Waals surface area (Å²) in [6, 6.07) is 14.1. The Bertz CT molecular complexity index is 576. The summed E-state index contributed by atoms with van der Waals surface area (Å²) >= 11 is 0. The van der Waals surface area contributed by atoms with Gasteiger partial charge in [0.25, 0.3) is 0 Å². The van der Waals surface area contributed by atoms with Crippen LogP contribution in [0.1, 0.15) is 11.1 Å². The van der Waals surface area contributed by atoms with Crippen LogP contribution in [0.5, 0.6) is 11.5 Å². The summed E-state index contributed by atoms with van der Waals surface area (Å²) < 4.78 is 16.3. The van der Waals surface area contributed by atoms with Gasteiger partial charge >= 0.3 is 0 Å². The quantitative estimate of drug-likeness (QED) is 0.714. The first kappa shape index (κ1) is 17.2. The number of benzene rings is 2. The molecule has 0 fully saturated rings. The van der Waals surface area contributed by atoms with Gasteiger partial charge in [0, 0.05) is 19.3 Å². The van der Waals surface area contributed by atoms with Crippen LogP contribution in [0, 0.1) is 13.8 Å². The van der Waals surface area contributed by atoms with Crippen molar-refractivity contribution in [2.24, 2.45) is 0 Å². The van der Waals surface area contributed by atoms with Crippen molar-refractivity contribution in [3.63, 3.8) is 0 Å². The molecule has 2 rings (SSSR count). The molecule has 0 bridgehead atoms. The number of rotatable bonds is 9. The number of hydrogen-bond donors (Lipinski definition) is 1. The fourth-order valence-corrected chi connectivity index (χ4v) is 2.29.